The van der Waals surface area contributed by atoms with Crippen molar-refractivity contribution in [2.24, 2.45) is 5.16 Å². The first-order chi connectivity index (χ1) is 32.9. The number of benzene rings is 2. The highest BCUT2D eigenvalue weighted by Gasteiger charge is 2.43. The van der Waals surface area contributed by atoms with E-state index in [9.17, 15) is 73.3 Å². The van der Waals surface area contributed by atoms with E-state index in [4.69, 9.17) is 44.2 Å². The molecule has 0 radical (unpaired) electrons. The Balaban J connectivity index is 0.000000245. The van der Waals surface area contributed by atoms with E-state index in [0.29, 0.717) is 54.2 Å². The van der Waals surface area contributed by atoms with Crippen LogP contribution in [-0.4, -0.2) is 65.8 Å². The quantitative estimate of drug-likeness (QED) is 0.0510. The predicted octanol–water partition coefficient (Wildman–Crippen LogP) is 11.6. The normalized spacial score (nSPS) is 15.3. The molecule has 3 aromatic heterocycles. The van der Waals surface area contributed by atoms with Gasteiger partial charge in [-0.3, -0.25) is 29.7 Å². The fourth-order valence-electron chi connectivity index (χ4n) is 6.91. The number of amides is 1. The molecule has 2 aliphatic heterocycles. The number of anilines is 2. The highest BCUT2D eigenvalue weighted by atomic mass is 35.5. The number of rotatable bonds is 13. The van der Waals surface area contributed by atoms with Crippen molar-refractivity contribution in [3.05, 3.63) is 123 Å². The van der Waals surface area contributed by atoms with Crippen molar-refractivity contribution in [2.45, 2.75) is 63.0 Å². The third-order valence-electron chi connectivity index (χ3n) is 10.2. The van der Waals surface area contributed by atoms with E-state index in [-0.39, 0.29) is 42.5 Å². The molecule has 0 bridgehead atoms. The van der Waals surface area contributed by atoms with Crippen LogP contribution in [0.1, 0.15) is 82.9 Å². The molecule has 7 rings (SSSR count). The number of thiazole rings is 1. The Bertz CT molecular complexity index is 2870. The Labute approximate surface area is 399 Å². The number of likely N-dealkylation sites (tertiary alicyclic amines) is 1. The minimum absolute atomic E-state index is 0.0175. The molecule has 70 heavy (non-hydrogen) atoms. The van der Waals surface area contributed by atoms with Crippen LogP contribution in [0.2, 0.25) is 10.0 Å². The Hall–Kier alpha value is -6.86. The molecule has 1 saturated heterocycles. The van der Waals surface area contributed by atoms with Crippen molar-refractivity contribution in [3.8, 4) is 18.1 Å². The van der Waals surface area contributed by atoms with Gasteiger partial charge in [0.25, 0.3) is 12.9 Å². The molecule has 5 aromatic rings. The zero-order chi connectivity index (χ0) is 51.4. The number of alkyl halides is 10. The zero-order valence-corrected chi connectivity index (χ0v) is 37.0. The minimum Gasteiger partial charge on any atom is -0.480 e. The number of carbonyl (C=O) groups is 1. The number of terminal acetylenes is 1. The van der Waals surface area contributed by atoms with Crippen LogP contribution in [0, 0.1) is 38.4 Å². The van der Waals surface area contributed by atoms with Gasteiger partial charge >= 0.3 is 23.7 Å². The third kappa shape index (κ3) is 11.9. The number of hydrogen-bond donors (Lipinski definition) is 1. The summed E-state index contributed by atoms with van der Waals surface area (Å²) in [5, 5.41) is 32.4. The van der Waals surface area contributed by atoms with Crippen LogP contribution in [0.15, 0.2) is 53.1 Å². The van der Waals surface area contributed by atoms with Gasteiger partial charge in [-0.05, 0) is 37.1 Å². The van der Waals surface area contributed by atoms with Gasteiger partial charge in [0.15, 0.2) is 11.8 Å². The molecule has 5 heterocycles. The average Bonchev–Trinajstić information content (AvgIpc) is 4.07. The Morgan fingerprint density at radius 2 is 1.73 bits per heavy atom. The lowest BCUT2D eigenvalue weighted by atomic mass is 9.97. The van der Waals surface area contributed by atoms with E-state index in [1.807, 2.05) is 10.7 Å². The number of oxime groups is 1. The Kier molecular flexibility index (Phi) is 16.1. The van der Waals surface area contributed by atoms with E-state index >= 15 is 0 Å². The first-order valence-corrected chi connectivity index (χ1v) is 21.2. The summed E-state index contributed by atoms with van der Waals surface area (Å²) in [6.07, 6.45) is -9.89. The van der Waals surface area contributed by atoms with Gasteiger partial charge in [0.1, 0.15) is 52.7 Å². The van der Waals surface area contributed by atoms with E-state index in [1.54, 1.807) is 6.07 Å². The fraction of sp³-hybridized carbons (Fsp3) is 0.325. The lowest BCUT2D eigenvalue weighted by Gasteiger charge is -2.31. The van der Waals surface area contributed by atoms with Crippen molar-refractivity contribution >= 4 is 69.0 Å². The second-order valence-electron chi connectivity index (χ2n) is 14.6. The van der Waals surface area contributed by atoms with Gasteiger partial charge in [-0.15, -0.1) is 17.8 Å². The molecule has 1 amide bonds. The van der Waals surface area contributed by atoms with E-state index in [2.05, 4.69) is 21.2 Å². The molecule has 1 unspecified atom stereocenters. The van der Waals surface area contributed by atoms with Crippen molar-refractivity contribution < 1.29 is 72.5 Å². The summed E-state index contributed by atoms with van der Waals surface area (Å²) in [5.74, 6) is 1.01. The zero-order valence-electron chi connectivity index (χ0n) is 34.7. The number of carbonyl (C=O) groups excluding carboxylic acids is 1. The molecule has 1 fully saturated rings. The number of nitro benzene ring substituents is 2. The molecule has 2 aromatic carbocycles. The van der Waals surface area contributed by atoms with Crippen LogP contribution < -0.4 is 10.1 Å². The van der Waals surface area contributed by atoms with Crippen LogP contribution in [0.5, 0.6) is 5.75 Å². The summed E-state index contributed by atoms with van der Waals surface area (Å²) in [7, 11) is 0. The topological polar surface area (TPSA) is 193 Å². The first kappa shape index (κ1) is 52.5. The number of halogens is 13. The van der Waals surface area contributed by atoms with E-state index in [0.717, 1.165) is 5.01 Å². The number of nitrogens with one attached hydrogen (secondary N) is 1. The largest absolute Gasteiger partial charge is 0.480 e. The second kappa shape index (κ2) is 21.4. The van der Waals surface area contributed by atoms with Gasteiger partial charge in [-0.25, -0.2) is 31.9 Å². The number of piperidine rings is 1. The smallest absolute Gasteiger partial charge is 0.418 e. The number of pyridine rings is 1. The summed E-state index contributed by atoms with van der Waals surface area (Å²) < 4.78 is 150. The van der Waals surface area contributed by atoms with Crippen LogP contribution in [-0.2, 0) is 28.5 Å². The number of nitro groups is 2. The molecule has 1 atom stereocenters. The van der Waals surface area contributed by atoms with E-state index < -0.39 is 115 Å². The van der Waals surface area contributed by atoms with Gasteiger partial charge < -0.3 is 19.8 Å². The summed E-state index contributed by atoms with van der Waals surface area (Å²) in [6.45, 7) is 0.143. The van der Waals surface area contributed by atoms with Gasteiger partial charge in [-0.1, -0.05) is 40.3 Å². The highest BCUT2D eigenvalue weighted by molar-refractivity contribution is 7.10. The van der Waals surface area contributed by atoms with Gasteiger partial charge in [0.2, 0.25) is 5.91 Å². The van der Waals surface area contributed by atoms with Crippen molar-refractivity contribution in [3.63, 3.8) is 0 Å². The maximum atomic E-state index is 14.6. The van der Waals surface area contributed by atoms with Crippen LogP contribution in [0.4, 0.5) is 71.2 Å². The maximum absolute atomic E-state index is 14.6. The average molecular weight is 1060 g/mol. The Morgan fingerprint density at radius 3 is 2.31 bits per heavy atom. The predicted molar refractivity (Wildman–Crippen MR) is 226 cm³/mol. The number of ether oxygens (including phenoxy) is 1. The molecule has 30 heteroatoms. The molecule has 2 aliphatic rings. The van der Waals surface area contributed by atoms with Gasteiger partial charge in [0, 0.05) is 43.1 Å². The molecule has 0 saturated carbocycles. The van der Waals surface area contributed by atoms with Crippen molar-refractivity contribution in [1.29, 1.82) is 0 Å². The highest BCUT2D eigenvalue weighted by Crippen LogP contribution is 2.49. The summed E-state index contributed by atoms with van der Waals surface area (Å²) in [5.41, 5.74) is -7.36. The van der Waals surface area contributed by atoms with E-state index in [1.165, 1.54) is 28.4 Å². The molecule has 0 spiro atoms. The van der Waals surface area contributed by atoms with Gasteiger partial charge in [0.05, 0.1) is 42.3 Å². The lowest BCUT2D eigenvalue weighted by Crippen LogP contribution is -2.40. The summed E-state index contributed by atoms with van der Waals surface area (Å²) in [4.78, 5) is 47.4. The molecule has 0 aliphatic carbocycles. The van der Waals surface area contributed by atoms with Crippen molar-refractivity contribution in [1.82, 2.24) is 24.6 Å². The Morgan fingerprint density at radius 1 is 1.03 bits per heavy atom. The monoisotopic (exact) mass is 1060 g/mol. The number of nitrogens with zero attached hydrogens (tertiary/aromatic N) is 8. The van der Waals surface area contributed by atoms with Crippen LogP contribution >= 0.6 is 34.5 Å². The standard InChI is InChI=1S/C27H24F5N5O3S.C13H4Cl2F6N4O4/c1-2-10-39-21-5-3-4-16(28)24(21)22-12-17(35-40-22)19-14-41-27(33-19)15-6-8-36(9-7-15)23(38)13-37-20(26(31)32)11-18(34-37)25(29)30;14-6-1-4(12(16,17)18)3-22-11(6)23-9-7(24(26)27)2-5(13(19,20)21)8(15)10(9)25(28)29/h1,3-5,11,14-15,22,25-26H,6-10,12-13H2;1-3H,(H,22,23). The fourth-order valence-corrected chi connectivity index (χ4v) is 8.45. The first-order valence-electron chi connectivity index (χ1n) is 19.6. The van der Waals surface area contributed by atoms with Crippen molar-refractivity contribution in [2.75, 3.05) is 25.0 Å². The molecule has 1 N–H and O–H groups in total. The van der Waals surface area contributed by atoms with Gasteiger partial charge in [-0.2, -0.15) is 31.4 Å². The van der Waals surface area contributed by atoms with Crippen LogP contribution in [0.25, 0.3) is 0 Å². The molecule has 16 nitrogen and oxygen atoms in total. The number of hydrogen-bond acceptors (Lipinski definition) is 13. The molecular formula is C40H28Cl2F11N9O7S. The molecular weight excluding hydrogens is 1030 g/mol. The third-order valence-corrected chi connectivity index (χ3v) is 11.9. The summed E-state index contributed by atoms with van der Waals surface area (Å²) in [6, 6.07) is 5.37. The second-order valence-corrected chi connectivity index (χ2v) is 16.3. The lowest BCUT2D eigenvalue weighted by molar-refractivity contribution is -0.392. The maximum Gasteiger partial charge on any atom is 0.418 e. The SMILES string of the molecule is C#CCOc1cccc(F)c1C1CC(c2csc(C3CCN(C(=O)Cn4nc(C(F)F)cc4C(F)F)CC3)n2)=NO1.O=[N+]([O-])c1cc(C(F)(F)F)c(Cl)c([N+](=O)[O-])c1Nc1ncc(C(F)(F)F)cc1Cl. The number of aromatic nitrogens is 4. The molecule has 372 valence electrons. The minimum atomic E-state index is -5.27. The summed E-state index contributed by atoms with van der Waals surface area (Å²) >= 11 is 12.5. The van der Waals surface area contributed by atoms with Crippen LogP contribution in [0.3, 0.4) is 0 Å².